The first-order valence-electron chi connectivity index (χ1n) is 6.32. The zero-order valence-corrected chi connectivity index (χ0v) is 10.4. The summed E-state index contributed by atoms with van der Waals surface area (Å²) in [6, 6.07) is 0.623. The molecule has 0 aromatic carbocycles. The minimum absolute atomic E-state index is 0.216. The van der Waals surface area contributed by atoms with Crippen LogP contribution in [0.15, 0.2) is 0 Å². The number of piperidine rings is 3. The summed E-state index contributed by atoms with van der Waals surface area (Å²) in [5.41, 5.74) is 0. The van der Waals surface area contributed by atoms with Crippen molar-refractivity contribution in [3.8, 4) is 0 Å². The van der Waals surface area contributed by atoms with E-state index in [2.05, 4.69) is 10.2 Å². The van der Waals surface area contributed by atoms with Gasteiger partial charge in [-0.05, 0) is 31.8 Å². The fraction of sp³-hybridized carbons (Fsp3) is 0.917. The molecule has 3 heterocycles. The molecular weight excluding hydrogens is 202 g/mol. The second-order valence-corrected chi connectivity index (χ2v) is 5.24. The number of fused-ring (bicyclic) bond motifs is 3. The van der Waals surface area contributed by atoms with E-state index < -0.39 is 0 Å². The van der Waals surface area contributed by atoms with E-state index in [0.29, 0.717) is 12.5 Å². The Morgan fingerprint density at radius 1 is 1.38 bits per heavy atom. The highest BCUT2D eigenvalue weighted by molar-refractivity contribution is 5.75. The Morgan fingerprint density at radius 3 is 2.56 bits per heavy atom. The molecule has 0 saturated carbocycles. The van der Waals surface area contributed by atoms with Crippen molar-refractivity contribution >= 4 is 5.91 Å². The monoisotopic (exact) mass is 225 g/mol. The van der Waals surface area contributed by atoms with E-state index in [4.69, 9.17) is 0 Å². The number of nitrogens with one attached hydrogen (secondary N) is 1. The number of hydrogen-bond acceptors (Lipinski definition) is 3. The van der Waals surface area contributed by atoms with Crippen molar-refractivity contribution in [3.63, 3.8) is 0 Å². The fourth-order valence-corrected chi connectivity index (χ4v) is 2.78. The van der Waals surface area contributed by atoms with Gasteiger partial charge >= 0.3 is 0 Å². The van der Waals surface area contributed by atoms with Crippen molar-refractivity contribution in [2.24, 2.45) is 5.92 Å². The quantitative estimate of drug-likeness (QED) is 0.740. The highest BCUT2D eigenvalue weighted by atomic mass is 16.2. The number of rotatable bonds is 4. The Morgan fingerprint density at radius 2 is 2.06 bits per heavy atom. The summed E-state index contributed by atoms with van der Waals surface area (Å²) >= 11 is 0. The van der Waals surface area contributed by atoms with Gasteiger partial charge < -0.3 is 15.1 Å². The standard InChI is InChI=1S/C12H23N3O/c1-14(2)12(16)3-6-13-11-9-15-7-4-10(11)5-8-15/h10-11,13H,3-9H2,1-2H3. The van der Waals surface area contributed by atoms with Crippen LogP contribution in [0.2, 0.25) is 0 Å². The topological polar surface area (TPSA) is 35.6 Å². The first-order chi connectivity index (χ1) is 7.66. The van der Waals surface area contributed by atoms with Gasteiger partial charge in [0.25, 0.3) is 0 Å². The maximum absolute atomic E-state index is 11.4. The maximum atomic E-state index is 11.4. The van der Waals surface area contributed by atoms with E-state index in [1.807, 2.05) is 14.1 Å². The van der Waals surface area contributed by atoms with Crippen molar-refractivity contribution in [3.05, 3.63) is 0 Å². The Bertz CT molecular complexity index is 247. The van der Waals surface area contributed by atoms with Gasteiger partial charge in [0.05, 0.1) is 0 Å². The average Bonchev–Trinajstić information content (AvgIpc) is 2.30. The SMILES string of the molecule is CN(C)C(=O)CCNC1CN2CCC1CC2. The van der Waals surface area contributed by atoms with E-state index >= 15 is 0 Å². The van der Waals surface area contributed by atoms with E-state index in [1.165, 1.54) is 32.5 Å². The van der Waals surface area contributed by atoms with Crippen LogP contribution in [0.5, 0.6) is 0 Å². The molecule has 4 heteroatoms. The molecule has 0 aliphatic carbocycles. The second kappa shape index (κ2) is 5.15. The summed E-state index contributed by atoms with van der Waals surface area (Å²) in [4.78, 5) is 15.6. The molecule has 3 fully saturated rings. The van der Waals surface area contributed by atoms with Crippen LogP contribution in [0, 0.1) is 5.92 Å². The third-order valence-electron chi connectivity index (χ3n) is 3.90. The van der Waals surface area contributed by atoms with Crippen LogP contribution < -0.4 is 5.32 Å². The number of amides is 1. The lowest BCUT2D eigenvalue weighted by Crippen LogP contribution is -2.56. The van der Waals surface area contributed by atoms with Gasteiger partial charge in [-0.15, -0.1) is 0 Å². The molecule has 0 aromatic heterocycles. The predicted molar refractivity (Wildman–Crippen MR) is 64.3 cm³/mol. The number of hydrogen-bond donors (Lipinski definition) is 1. The van der Waals surface area contributed by atoms with Gasteiger partial charge in [0.2, 0.25) is 5.91 Å². The fourth-order valence-electron chi connectivity index (χ4n) is 2.78. The molecule has 3 aliphatic heterocycles. The second-order valence-electron chi connectivity index (χ2n) is 5.24. The molecule has 92 valence electrons. The molecule has 1 amide bonds. The Hall–Kier alpha value is -0.610. The number of nitrogens with zero attached hydrogens (tertiary/aromatic N) is 2. The lowest BCUT2D eigenvalue weighted by atomic mass is 9.84. The predicted octanol–water partition coefficient (Wildman–Crippen LogP) is 0.149. The Labute approximate surface area is 98.0 Å². The first kappa shape index (κ1) is 11.9. The van der Waals surface area contributed by atoms with Crippen LogP contribution in [0.4, 0.5) is 0 Å². The molecule has 1 atom stereocenters. The molecule has 0 spiro atoms. The molecule has 1 N–H and O–H groups in total. The van der Waals surface area contributed by atoms with Crippen LogP contribution in [0.3, 0.4) is 0 Å². The largest absolute Gasteiger partial charge is 0.349 e. The van der Waals surface area contributed by atoms with Gasteiger partial charge in [0, 0.05) is 39.6 Å². The molecule has 3 aliphatic rings. The molecule has 3 rings (SSSR count). The highest BCUT2D eigenvalue weighted by Crippen LogP contribution is 2.27. The van der Waals surface area contributed by atoms with E-state index in [0.717, 1.165) is 12.5 Å². The third kappa shape index (κ3) is 2.74. The summed E-state index contributed by atoms with van der Waals surface area (Å²) in [5, 5.41) is 3.55. The van der Waals surface area contributed by atoms with Crippen LogP contribution >= 0.6 is 0 Å². The van der Waals surface area contributed by atoms with Gasteiger partial charge in [-0.25, -0.2) is 0 Å². The van der Waals surface area contributed by atoms with Crippen molar-refractivity contribution < 1.29 is 4.79 Å². The summed E-state index contributed by atoms with van der Waals surface area (Å²) < 4.78 is 0. The smallest absolute Gasteiger partial charge is 0.223 e. The van der Waals surface area contributed by atoms with E-state index in [9.17, 15) is 4.79 Å². The third-order valence-corrected chi connectivity index (χ3v) is 3.90. The average molecular weight is 225 g/mol. The molecule has 0 aromatic rings. The Balaban J connectivity index is 1.69. The molecule has 16 heavy (non-hydrogen) atoms. The van der Waals surface area contributed by atoms with Crippen LogP contribution in [0.1, 0.15) is 19.3 Å². The van der Waals surface area contributed by atoms with E-state index in [1.54, 1.807) is 4.90 Å². The van der Waals surface area contributed by atoms with Gasteiger partial charge in [0.1, 0.15) is 0 Å². The Kier molecular flexibility index (Phi) is 3.82. The van der Waals surface area contributed by atoms with Crippen molar-refractivity contribution in [1.29, 1.82) is 0 Å². The highest BCUT2D eigenvalue weighted by Gasteiger charge is 2.33. The van der Waals surface area contributed by atoms with Gasteiger partial charge in [0.15, 0.2) is 0 Å². The zero-order valence-electron chi connectivity index (χ0n) is 10.4. The minimum atomic E-state index is 0.216. The van der Waals surface area contributed by atoms with E-state index in [-0.39, 0.29) is 5.91 Å². The number of carbonyl (C=O) groups is 1. The summed E-state index contributed by atoms with van der Waals surface area (Å²) in [5.74, 6) is 1.06. The number of carbonyl (C=O) groups excluding carboxylic acids is 1. The minimum Gasteiger partial charge on any atom is -0.349 e. The summed E-state index contributed by atoms with van der Waals surface area (Å²) in [7, 11) is 3.63. The summed E-state index contributed by atoms with van der Waals surface area (Å²) in [6.07, 6.45) is 3.29. The lowest BCUT2D eigenvalue weighted by Gasteiger charge is -2.45. The lowest BCUT2D eigenvalue weighted by molar-refractivity contribution is -0.128. The van der Waals surface area contributed by atoms with Crippen molar-refractivity contribution in [2.45, 2.75) is 25.3 Å². The summed E-state index contributed by atoms with van der Waals surface area (Å²) in [6.45, 7) is 4.56. The normalized spacial score (nSPS) is 32.8. The molecule has 3 saturated heterocycles. The molecular formula is C12H23N3O. The molecule has 1 unspecified atom stereocenters. The van der Waals surface area contributed by atoms with Crippen LogP contribution in [0.25, 0.3) is 0 Å². The van der Waals surface area contributed by atoms with Crippen LogP contribution in [-0.4, -0.2) is 62.0 Å². The van der Waals surface area contributed by atoms with Gasteiger partial charge in [-0.3, -0.25) is 4.79 Å². The van der Waals surface area contributed by atoms with Crippen molar-refractivity contribution in [2.75, 3.05) is 40.3 Å². The molecule has 0 radical (unpaired) electrons. The van der Waals surface area contributed by atoms with Crippen LogP contribution in [-0.2, 0) is 4.79 Å². The van der Waals surface area contributed by atoms with Gasteiger partial charge in [-0.1, -0.05) is 0 Å². The zero-order chi connectivity index (χ0) is 11.5. The first-order valence-corrected chi connectivity index (χ1v) is 6.32. The molecule has 2 bridgehead atoms. The van der Waals surface area contributed by atoms with Gasteiger partial charge in [-0.2, -0.15) is 0 Å². The van der Waals surface area contributed by atoms with Crippen molar-refractivity contribution in [1.82, 2.24) is 15.1 Å². The maximum Gasteiger partial charge on any atom is 0.223 e. The molecule has 4 nitrogen and oxygen atoms in total.